The van der Waals surface area contributed by atoms with Gasteiger partial charge in [0.2, 0.25) is 0 Å². The molecule has 0 saturated heterocycles. The van der Waals surface area contributed by atoms with Crippen LogP contribution in [0.25, 0.3) is 0 Å². The van der Waals surface area contributed by atoms with E-state index in [4.69, 9.17) is 9.47 Å². The second kappa shape index (κ2) is 9.89. The van der Waals surface area contributed by atoms with E-state index in [0.29, 0.717) is 19.8 Å². The number of rotatable bonds is 10. The Balaban J connectivity index is 2.25. The Labute approximate surface area is 114 Å². The van der Waals surface area contributed by atoms with Gasteiger partial charge in [0.15, 0.2) is 0 Å². The minimum Gasteiger partial charge on any atom is -0.394 e. The van der Waals surface area contributed by atoms with Crippen LogP contribution in [0.3, 0.4) is 0 Å². The molecule has 0 heterocycles. The van der Waals surface area contributed by atoms with Crippen molar-refractivity contribution >= 4 is 0 Å². The minimum absolute atomic E-state index is 0.0126. The molecule has 0 fully saturated rings. The summed E-state index contributed by atoms with van der Waals surface area (Å²) in [7, 11) is 1.60. The first-order valence-corrected chi connectivity index (χ1v) is 6.42. The third-order valence-electron chi connectivity index (χ3n) is 2.73. The van der Waals surface area contributed by atoms with E-state index < -0.39 is 6.10 Å². The van der Waals surface area contributed by atoms with Gasteiger partial charge in [0, 0.05) is 13.7 Å². The first-order valence-electron chi connectivity index (χ1n) is 6.42. The molecule has 1 aromatic carbocycles. The lowest BCUT2D eigenvalue weighted by Gasteiger charge is -2.19. The molecule has 0 amide bonds. The Morgan fingerprint density at radius 1 is 1.21 bits per heavy atom. The number of ether oxygens (including phenoxy) is 2. The normalized spacial score (nSPS) is 14.3. The van der Waals surface area contributed by atoms with E-state index in [1.807, 2.05) is 30.3 Å². The summed E-state index contributed by atoms with van der Waals surface area (Å²) in [5.41, 5.74) is 0.998. The smallest absolute Gasteiger partial charge is 0.0897 e. The molecule has 0 aliphatic carbocycles. The van der Waals surface area contributed by atoms with Crippen LogP contribution in [0.2, 0.25) is 0 Å². The zero-order valence-corrected chi connectivity index (χ0v) is 11.3. The molecule has 0 aliphatic heterocycles. The molecule has 1 rings (SSSR count). The Morgan fingerprint density at radius 3 is 2.58 bits per heavy atom. The van der Waals surface area contributed by atoms with Crippen LogP contribution in [0.4, 0.5) is 0 Å². The Hall–Kier alpha value is -0.980. The summed E-state index contributed by atoms with van der Waals surface area (Å²) in [6.07, 6.45) is -0.602. The average Bonchev–Trinajstić information content (AvgIpc) is 2.45. The van der Waals surface area contributed by atoms with E-state index in [1.54, 1.807) is 7.11 Å². The van der Waals surface area contributed by atoms with Crippen molar-refractivity contribution in [1.82, 2.24) is 5.32 Å². The maximum Gasteiger partial charge on any atom is 0.0897 e. The van der Waals surface area contributed by atoms with Crippen LogP contribution < -0.4 is 5.32 Å². The van der Waals surface area contributed by atoms with Gasteiger partial charge in [-0.2, -0.15) is 0 Å². The van der Waals surface area contributed by atoms with Gasteiger partial charge in [-0.05, 0) is 5.56 Å². The highest BCUT2D eigenvalue weighted by Crippen LogP contribution is 2.11. The van der Waals surface area contributed by atoms with Crippen molar-refractivity contribution < 1.29 is 19.7 Å². The molecule has 0 aromatic heterocycles. The molecule has 0 radical (unpaired) electrons. The van der Waals surface area contributed by atoms with Gasteiger partial charge in [-0.25, -0.2) is 0 Å². The van der Waals surface area contributed by atoms with Gasteiger partial charge < -0.3 is 25.0 Å². The highest BCUT2D eigenvalue weighted by Gasteiger charge is 2.11. The lowest BCUT2D eigenvalue weighted by molar-refractivity contribution is 0.0122. The van der Waals surface area contributed by atoms with Crippen LogP contribution in [-0.2, 0) is 9.47 Å². The van der Waals surface area contributed by atoms with Gasteiger partial charge in [0.25, 0.3) is 0 Å². The monoisotopic (exact) mass is 269 g/mol. The van der Waals surface area contributed by atoms with Crippen LogP contribution in [0, 0.1) is 0 Å². The number of hydrogen-bond acceptors (Lipinski definition) is 5. The van der Waals surface area contributed by atoms with Crippen LogP contribution >= 0.6 is 0 Å². The molecule has 5 nitrogen and oxygen atoms in total. The Kier molecular flexibility index (Phi) is 8.36. The van der Waals surface area contributed by atoms with E-state index in [-0.39, 0.29) is 19.3 Å². The number of hydrogen-bond donors (Lipinski definition) is 3. The van der Waals surface area contributed by atoms with Crippen molar-refractivity contribution in [3.8, 4) is 0 Å². The highest BCUT2D eigenvalue weighted by molar-refractivity contribution is 5.18. The Morgan fingerprint density at radius 2 is 1.95 bits per heavy atom. The van der Waals surface area contributed by atoms with Crippen LogP contribution in [0.5, 0.6) is 0 Å². The molecule has 108 valence electrons. The molecule has 0 bridgehead atoms. The summed E-state index contributed by atoms with van der Waals surface area (Å²) in [6, 6.07) is 9.48. The van der Waals surface area contributed by atoms with Crippen LogP contribution in [0.15, 0.2) is 30.3 Å². The number of methoxy groups -OCH3 is 1. The van der Waals surface area contributed by atoms with Gasteiger partial charge >= 0.3 is 0 Å². The van der Waals surface area contributed by atoms with Crippen molar-refractivity contribution in [3.05, 3.63) is 35.9 Å². The molecule has 3 N–H and O–H groups in total. The van der Waals surface area contributed by atoms with Crippen molar-refractivity contribution in [3.63, 3.8) is 0 Å². The number of nitrogens with one attached hydrogen (secondary N) is 1. The summed E-state index contributed by atoms with van der Waals surface area (Å²) < 4.78 is 10.1. The molecular weight excluding hydrogens is 246 g/mol. The molecule has 0 spiro atoms. The van der Waals surface area contributed by atoms with Gasteiger partial charge in [-0.1, -0.05) is 30.3 Å². The quantitative estimate of drug-likeness (QED) is 0.534. The van der Waals surface area contributed by atoms with Crippen LogP contribution in [0.1, 0.15) is 11.6 Å². The molecule has 0 aliphatic rings. The molecular formula is C14H23NO4. The van der Waals surface area contributed by atoms with Gasteiger partial charge in [-0.3, -0.25) is 0 Å². The molecule has 2 atom stereocenters. The lowest BCUT2D eigenvalue weighted by atomic mass is 10.1. The van der Waals surface area contributed by atoms with E-state index in [1.165, 1.54) is 0 Å². The van der Waals surface area contributed by atoms with E-state index >= 15 is 0 Å². The van der Waals surface area contributed by atoms with Gasteiger partial charge in [0.05, 0.1) is 38.6 Å². The van der Waals surface area contributed by atoms with E-state index in [0.717, 1.165) is 5.56 Å². The predicted molar refractivity (Wildman–Crippen MR) is 73.0 cm³/mol. The summed E-state index contributed by atoms with van der Waals surface area (Å²) in [4.78, 5) is 0. The summed E-state index contributed by atoms with van der Waals surface area (Å²) in [5, 5.41) is 22.2. The number of aliphatic hydroxyl groups excluding tert-OH is 2. The highest BCUT2D eigenvalue weighted by atomic mass is 16.5. The van der Waals surface area contributed by atoms with E-state index in [9.17, 15) is 10.2 Å². The standard InChI is InChI=1S/C14H23NO4/c1-18-7-8-19-11-13(17)9-15-14(10-16)12-5-3-2-4-6-12/h2-6,13-17H,7-11H2,1H3. The second-order valence-corrected chi connectivity index (χ2v) is 4.28. The zero-order chi connectivity index (χ0) is 13.9. The Bertz CT molecular complexity index is 320. The van der Waals surface area contributed by atoms with Gasteiger partial charge in [-0.15, -0.1) is 0 Å². The first-order chi connectivity index (χ1) is 9.27. The van der Waals surface area contributed by atoms with Gasteiger partial charge in [0.1, 0.15) is 0 Å². The molecule has 19 heavy (non-hydrogen) atoms. The zero-order valence-electron chi connectivity index (χ0n) is 11.3. The van der Waals surface area contributed by atoms with Crippen molar-refractivity contribution in [2.75, 3.05) is 40.1 Å². The fourth-order valence-electron chi connectivity index (χ4n) is 1.67. The largest absolute Gasteiger partial charge is 0.394 e. The third-order valence-corrected chi connectivity index (χ3v) is 2.73. The topological polar surface area (TPSA) is 71.0 Å². The summed E-state index contributed by atoms with van der Waals surface area (Å²) in [5.74, 6) is 0. The fourth-order valence-corrected chi connectivity index (χ4v) is 1.67. The van der Waals surface area contributed by atoms with E-state index in [2.05, 4.69) is 5.32 Å². The SMILES string of the molecule is COCCOCC(O)CNC(CO)c1ccccc1. The molecule has 0 saturated carbocycles. The maximum absolute atomic E-state index is 9.73. The van der Waals surface area contributed by atoms with Crippen molar-refractivity contribution in [2.24, 2.45) is 0 Å². The fraction of sp³-hybridized carbons (Fsp3) is 0.571. The maximum atomic E-state index is 9.73. The molecule has 2 unspecified atom stereocenters. The van der Waals surface area contributed by atoms with Crippen molar-refractivity contribution in [2.45, 2.75) is 12.1 Å². The van der Waals surface area contributed by atoms with Crippen LogP contribution in [-0.4, -0.2) is 56.4 Å². The summed E-state index contributed by atoms with van der Waals surface area (Å²) in [6.45, 7) is 1.59. The minimum atomic E-state index is -0.602. The van der Waals surface area contributed by atoms with Crippen molar-refractivity contribution in [1.29, 1.82) is 0 Å². The molecule has 1 aromatic rings. The first kappa shape index (κ1) is 16.1. The molecule has 5 heteroatoms. The third kappa shape index (κ3) is 6.66. The lowest BCUT2D eigenvalue weighted by Crippen LogP contribution is -2.34. The number of benzene rings is 1. The number of aliphatic hydroxyl groups is 2. The second-order valence-electron chi connectivity index (χ2n) is 4.28. The predicted octanol–water partition coefficient (Wildman–Crippen LogP) is 0.334. The summed E-state index contributed by atoms with van der Waals surface area (Å²) >= 11 is 0. The average molecular weight is 269 g/mol.